The lowest BCUT2D eigenvalue weighted by molar-refractivity contribution is 0.0899. The number of likely N-dealkylation sites (N-methyl/N-ethyl adjacent to an activating group) is 1. The number of hydrogen-bond donors (Lipinski definition) is 2. The molecule has 1 aliphatic rings. The van der Waals surface area contributed by atoms with E-state index in [9.17, 15) is 22.8 Å². The van der Waals surface area contributed by atoms with Gasteiger partial charge in [0.1, 0.15) is 0 Å². The number of pyridine rings is 1. The Labute approximate surface area is 242 Å². The summed E-state index contributed by atoms with van der Waals surface area (Å²) in [7, 11) is -1.01. The van der Waals surface area contributed by atoms with E-state index >= 15 is 0 Å². The molecule has 3 aromatic rings. The van der Waals surface area contributed by atoms with Gasteiger partial charge in [-0.1, -0.05) is 17.7 Å². The average Bonchev–Trinajstić information content (AvgIpc) is 3.37. The molecule has 1 saturated heterocycles. The second kappa shape index (κ2) is 13.6. The van der Waals surface area contributed by atoms with Crippen molar-refractivity contribution < 1.29 is 18.0 Å². The molecule has 3 heterocycles. The van der Waals surface area contributed by atoms with Crippen molar-refractivity contribution in [2.75, 3.05) is 57.8 Å². The van der Waals surface area contributed by atoms with Crippen LogP contribution in [-0.2, 0) is 9.84 Å². The van der Waals surface area contributed by atoms with Crippen molar-refractivity contribution in [1.82, 2.24) is 25.0 Å². The fourth-order valence-electron chi connectivity index (χ4n) is 4.34. The van der Waals surface area contributed by atoms with Gasteiger partial charge >= 0.3 is 0 Å². The molecule has 0 spiro atoms. The maximum absolute atomic E-state index is 13.1. The summed E-state index contributed by atoms with van der Waals surface area (Å²) in [5.41, 5.74) is 0.897. The maximum atomic E-state index is 13.1. The number of aromatic nitrogens is 1. The van der Waals surface area contributed by atoms with Gasteiger partial charge in [-0.15, -0.1) is 11.3 Å². The Balaban J connectivity index is 1.38. The average molecular weight is 606 g/mol. The molecule has 214 valence electrons. The summed E-state index contributed by atoms with van der Waals surface area (Å²) < 4.78 is 25.4. The number of hydrogen-bond acceptors (Lipinski definition) is 8. The van der Waals surface area contributed by atoms with Gasteiger partial charge in [-0.3, -0.25) is 19.0 Å². The minimum Gasteiger partial charge on any atom is -0.349 e. The van der Waals surface area contributed by atoms with Gasteiger partial charge in [0, 0.05) is 62.8 Å². The highest BCUT2D eigenvalue weighted by Gasteiger charge is 2.22. The maximum Gasteiger partial charge on any atom is 0.261 e. The summed E-state index contributed by atoms with van der Waals surface area (Å²) in [6.07, 6.45) is 1.66. The highest BCUT2D eigenvalue weighted by atomic mass is 35.5. The quantitative estimate of drug-likeness (QED) is 0.342. The Morgan fingerprint density at radius 3 is 2.42 bits per heavy atom. The third-order valence-electron chi connectivity index (χ3n) is 6.64. The first-order valence-electron chi connectivity index (χ1n) is 12.8. The number of sulfone groups is 1. The molecule has 0 aliphatic carbocycles. The zero-order valence-corrected chi connectivity index (χ0v) is 24.5. The van der Waals surface area contributed by atoms with E-state index in [1.54, 1.807) is 54.7 Å². The lowest BCUT2D eigenvalue weighted by atomic mass is 10.1. The van der Waals surface area contributed by atoms with Gasteiger partial charge in [0.25, 0.3) is 17.4 Å². The van der Waals surface area contributed by atoms with E-state index in [2.05, 4.69) is 15.5 Å². The third kappa shape index (κ3) is 8.48. The van der Waals surface area contributed by atoms with Gasteiger partial charge in [0.2, 0.25) is 0 Å². The Hall–Kier alpha value is -3.03. The number of carbonyl (C=O) groups is 2. The van der Waals surface area contributed by atoms with E-state index in [-0.39, 0.29) is 35.4 Å². The Kier molecular flexibility index (Phi) is 10.1. The van der Waals surface area contributed by atoms with Gasteiger partial charge in [0.05, 0.1) is 26.8 Å². The van der Waals surface area contributed by atoms with Crippen molar-refractivity contribution in [3.8, 4) is 5.69 Å². The summed E-state index contributed by atoms with van der Waals surface area (Å²) in [5.74, 6) is -0.233. The first kappa shape index (κ1) is 29.9. The predicted octanol–water partition coefficient (Wildman–Crippen LogP) is 1.74. The zero-order valence-electron chi connectivity index (χ0n) is 22.1. The number of rotatable bonds is 11. The first-order valence-corrected chi connectivity index (χ1v) is 15.8. The number of amides is 2. The Morgan fingerprint density at radius 2 is 1.77 bits per heavy atom. The summed E-state index contributed by atoms with van der Waals surface area (Å²) in [6, 6.07) is 14.5. The molecule has 1 fully saturated rings. The summed E-state index contributed by atoms with van der Waals surface area (Å²) in [6.45, 7) is 3.06. The van der Waals surface area contributed by atoms with Crippen molar-refractivity contribution >= 4 is 44.6 Å². The van der Waals surface area contributed by atoms with E-state index in [0.29, 0.717) is 53.2 Å². The molecule has 1 atom stereocenters. The normalized spacial score (nSPS) is 16.0. The molecular weight excluding hydrogens is 574 g/mol. The monoisotopic (exact) mass is 605 g/mol. The molecular formula is C27H32ClN5O5S2. The SMILES string of the molecule is CN(CCN1CCS(=O)(=O)CC1)CC(CNC(=O)c1ccc(Cl)s1)NC(=O)c1ccc(-n2ccccc2=O)cc1. The molecule has 40 heavy (non-hydrogen) atoms. The van der Waals surface area contributed by atoms with E-state index < -0.39 is 15.9 Å². The fraction of sp³-hybridized carbons (Fsp3) is 0.370. The largest absolute Gasteiger partial charge is 0.349 e. The van der Waals surface area contributed by atoms with Gasteiger partial charge in [-0.05, 0) is 49.5 Å². The number of nitrogens with one attached hydrogen (secondary N) is 2. The number of benzene rings is 1. The van der Waals surface area contributed by atoms with Crippen molar-refractivity contribution in [3.63, 3.8) is 0 Å². The van der Waals surface area contributed by atoms with Crippen LogP contribution in [0.15, 0.2) is 65.6 Å². The highest BCUT2D eigenvalue weighted by molar-refractivity contribution is 7.91. The van der Waals surface area contributed by atoms with E-state index in [4.69, 9.17) is 11.6 Å². The van der Waals surface area contributed by atoms with Crippen LogP contribution >= 0.6 is 22.9 Å². The molecule has 1 aliphatic heterocycles. The minimum absolute atomic E-state index is 0.170. The second-order valence-corrected chi connectivity index (χ2v) is 13.7. The van der Waals surface area contributed by atoms with Crippen molar-refractivity contribution in [3.05, 3.63) is 85.9 Å². The lowest BCUT2D eigenvalue weighted by Crippen LogP contribution is -2.50. The highest BCUT2D eigenvalue weighted by Crippen LogP contribution is 2.21. The molecule has 4 rings (SSSR count). The number of nitrogens with zero attached hydrogens (tertiary/aromatic N) is 3. The number of thiophene rings is 1. The summed E-state index contributed by atoms with van der Waals surface area (Å²) in [5, 5.41) is 5.90. The molecule has 2 aromatic heterocycles. The molecule has 0 radical (unpaired) electrons. The Bertz CT molecular complexity index is 1480. The molecule has 0 bridgehead atoms. The van der Waals surface area contributed by atoms with Crippen molar-refractivity contribution in [2.24, 2.45) is 0 Å². The fourth-order valence-corrected chi connectivity index (χ4v) is 6.57. The molecule has 1 unspecified atom stereocenters. The van der Waals surface area contributed by atoms with Gasteiger partial charge in [-0.25, -0.2) is 8.42 Å². The second-order valence-electron chi connectivity index (χ2n) is 9.70. The number of carbonyl (C=O) groups excluding carboxylic acids is 2. The molecule has 13 heteroatoms. The minimum atomic E-state index is -2.94. The molecule has 10 nitrogen and oxygen atoms in total. The lowest BCUT2D eigenvalue weighted by Gasteiger charge is -2.30. The zero-order chi connectivity index (χ0) is 28.7. The molecule has 2 amide bonds. The van der Waals surface area contributed by atoms with Crippen LogP contribution in [0.25, 0.3) is 5.69 Å². The van der Waals surface area contributed by atoms with E-state index in [1.165, 1.54) is 22.0 Å². The van der Waals surface area contributed by atoms with Crippen molar-refractivity contribution in [1.29, 1.82) is 0 Å². The summed E-state index contributed by atoms with van der Waals surface area (Å²) in [4.78, 5) is 42.5. The van der Waals surface area contributed by atoms with Crippen LogP contribution < -0.4 is 16.2 Å². The predicted molar refractivity (Wildman–Crippen MR) is 158 cm³/mol. The van der Waals surface area contributed by atoms with Gasteiger partial charge in [0.15, 0.2) is 9.84 Å². The van der Waals surface area contributed by atoms with Crippen LogP contribution in [0, 0.1) is 0 Å². The molecule has 1 aromatic carbocycles. The van der Waals surface area contributed by atoms with Crippen LogP contribution in [0.3, 0.4) is 0 Å². The molecule has 2 N–H and O–H groups in total. The first-order chi connectivity index (χ1) is 19.1. The summed E-state index contributed by atoms with van der Waals surface area (Å²) >= 11 is 7.14. The smallest absolute Gasteiger partial charge is 0.261 e. The van der Waals surface area contributed by atoms with Gasteiger partial charge in [-0.2, -0.15) is 0 Å². The van der Waals surface area contributed by atoms with Crippen LogP contribution in [0.2, 0.25) is 4.34 Å². The third-order valence-corrected chi connectivity index (χ3v) is 9.48. The van der Waals surface area contributed by atoms with Crippen molar-refractivity contribution in [2.45, 2.75) is 6.04 Å². The topological polar surface area (TPSA) is 121 Å². The van der Waals surface area contributed by atoms with Gasteiger partial charge < -0.3 is 20.4 Å². The standard InChI is InChI=1S/C27H32ClN5O5S2/c1-31(12-13-32-14-16-40(37,38)17-15-32)19-21(18-29-27(36)23-9-10-24(28)39-23)30-26(35)20-5-7-22(8-6-20)33-11-3-2-4-25(33)34/h2-11,21H,12-19H2,1H3,(H,29,36)(H,30,35). The van der Waals surface area contributed by atoms with Crippen LogP contribution in [0.1, 0.15) is 20.0 Å². The Morgan fingerprint density at radius 1 is 1.05 bits per heavy atom. The van der Waals surface area contributed by atoms with Crippen LogP contribution in [0.4, 0.5) is 0 Å². The van der Waals surface area contributed by atoms with E-state index in [0.717, 1.165) is 0 Å². The van der Waals surface area contributed by atoms with Crippen LogP contribution in [0.5, 0.6) is 0 Å². The molecule has 0 saturated carbocycles. The number of halogens is 1. The van der Waals surface area contributed by atoms with Crippen LogP contribution in [-0.4, -0.2) is 98.5 Å². The van der Waals surface area contributed by atoms with E-state index in [1.807, 2.05) is 11.9 Å².